The highest BCUT2D eigenvalue weighted by Gasteiger charge is 2.20. The average molecular weight is 188 g/mol. The van der Waals surface area contributed by atoms with Gasteiger partial charge in [-0.2, -0.15) is 0 Å². The van der Waals surface area contributed by atoms with Gasteiger partial charge in [-0.15, -0.1) is 0 Å². The van der Waals surface area contributed by atoms with E-state index in [1.165, 1.54) is 25.7 Å². The highest BCUT2D eigenvalue weighted by molar-refractivity contribution is 4.72. The quantitative estimate of drug-likeness (QED) is 0.678. The third kappa shape index (κ3) is 5.27. The molecule has 0 saturated heterocycles. The van der Waals surface area contributed by atoms with Gasteiger partial charge >= 0.3 is 0 Å². The molecular formula is C11H24O2. The van der Waals surface area contributed by atoms with Gasteiger partial charge < -0.3 is 9.47 Å². The molecule has 0 atom stereocenters. The van der Waals surface area contributed by atoms with Gasteiger partial charge in [-0.3, -0.25) is 0 Å². The van der Waals surface area contributed by atoms with Gasteiger partial charge in [0.05, 0.1) is 12.2 Å². The van der Waals surface area contributed by atoms with Crippen molar-refractivity contribution in [2.24, 2.45) is 0 Å². The molecule has 1 saturated carbocycles. The molecule has 1 aliphatic rings. The van der Waals surface area contributed by atoms with Crippen molar-refractivity contribution in [2.45, 2.75) is 58.7 Å². The molecule has 0 bridgehead atoms. The lowest BCUT2D eigenvalue weighted by atomic mass is 9.95. The number of ether oxygens (including phenoxy) is 2. The van der Waals surface area contributed by atoms with E-state index < -0.39 is 0 Å². The lowest BCUT2D eigenvalue weighted by Crippen LogP contribution is -2.25. The third-order valence-electron chi connectivity index (χ3n) is 2.36. The first-order valence-electron chi connectivity index (χ1n) is 5.51. The van der Waals surface area contributed by atoms with Crippen LogP contribution in [0.2, 0.25) is 0 Å². The van der Waals surface area contributed by atoms with E-state index in [-0.39, 0.29) is 0 Å². The Labute approximate surface area is 82.6 Å². The summed E-state index contributed by atoms with van der Waals surface area (Å²) >= 11 is 0. The molecule has 0 radical (unpaired) electrons. The van der Waals surface area contributed by atoms with Gasteiger partial charge in [0.2, 0.25) is 0 Å². The maximum absolute atomic E-state index is 5.52. The fourth-order valence-corrected chi connectivity index (χ4v) is 1.67. The van der Waals surface area contributed by atoms with Gasteiger partial charge in [0, 0.05) is 13.7 Å². The number of methoxy groups -OCH3 is 1. The van der Waals surface area contributed by atoms with Crippen molar-refractivity contribution in [3.8, 4) is 0 Å². The molecule has 1 aliphatic carbocycles. The monoisotopic (exact) mass is 188 g/mol. The van der Waals surface area contributed by atoms with E-state index in [0.717, 1.165) is 6.61 Å². The van der Waals surface area contributed by atoms with Crippen LogP contribution in [0.3, 0.4) is 0 Å². The van der Waals surface area contributed by atoms with E-state index in [1.54, 1.807) is 7.11 Å². The SMILES string of the molecule is CC.CCOC1CCC(OC)CC1. The van der Waals surface area contributed by atoms with E-state index in [4.69, 9.17) is 9.47 Å². The van der Waals surface area contributed by atoms with Crippen LogP contribution >= 0.6 is 0 Å². The summed E-state index contributed by atoms with van der Waals surface area (Å²) in [7, 11) is 1.80. The van der Waals surface area contributed by atoms with Crippen molar-refractivity contribution in [3.63, 3.8) is 0 Å². The molecule has 2 nitrogen and oxygen atoms in total. The van der Waals surface area contributed by atoms with Crippen LogP contribution in [-0.4, -0.2) is 25.9 Å². The zero-order valence-corrected chi connectivity index (χ0v) is 9.51. The Hall–Kier alpha value is -0.0800. The zero-order chi connectivity index (χ0) is 10.1. The van der Waals surface area contributed by atoms with Gasteiger partial charge in [-0.1, -0.05) is 13.8 Å². The molecule has 0 aromatic rings. The molecule has 2 heteroatoms. The van der Waals surface area contributed by atoms with Crippen molar-refractivity contribution in [1.82, 2.24) is 0 Å². The van der Waals surface area contributed by atoms with Crippen molar-refractivity contribution in [3.05, 3.63) is 0 Å². The molecule has 13 heavy (non-hydrogen) atoms. The molecule has 0 unspecified atom stereocenters. The molecule has 0 N–H and O–H groups in total. The predicted octanol–water partition coefficient (Wildman–Crippen LogP) is 3.01. The van der Waals surface area contributed by atoms with Gasteiger partial charge in [0.15, 0.2) is 0 Å². The number of rotatable bonds is 3. The summed E-state index contributed by atoms with van der Waals surface area (Å²) in [5, 5.41) is 0. The van der Waals surface area contributed by atoms with Crippen LogP contribution in [0.1, 0.15) is 46.5 Å². The van der Waals surface area contributed by atoms with E-state index >= 15 is 0 Å². The predicted molar refractivity (Wildman–Crippen MR) is 56.0 cm³/mol. The largest absolute Gasteiger partial charge is 0.381 e. The summed E-state index contributed by atoms with van der Waals surface area (Å²) in [5.41, 5.74) is 0. The molecule has 0 aromatic carbocycles. The number of hydrogen-bond donors (Lipinski definition) is 0. The highest BCUT2D eigenvalue weighted by Crippen LogP contribution is 2.22. The lowest BCUT2D eigenvalue weighted by molar-refractivity contribution is -0.0118. The Morgan fingerprint density at radius 2 is 1.46 bits per heavy atom. The Balaban J connectivity index is 0.000000671. The van der Waals surface area contributed by atoms with E-state index in [0.29, 0.717) is 12.2 Å². The third-order valence-corrected chi connectivity index (χ3v) is 2.36. The Kier molecular flexibility index (Phi) is 8.46. The van der Waals surface area contributed by atoms with Gasteiger partial charge in [-0.05, 0) is 32.6 Å². The summed E-state index contributed by atoms with van der Waals surface area (Å²) in [4.78, 5) is 0. The van der Waals surface area contributed by atoms with Crippen LogP contribution in [0, 0.1) is 0 Å². The van der Waals surface area contributed by atoms with Crippen LogP contribution in [0.15, 0.2) is 0 Å². The van der Waals surface area contributed by atoms with Crippen molar-refractivity contribution >= 4 is 0 Å². The number of hydrogen-bond acceptors (Lipinski definition) is 2. The highest BCUT2D eigenvalue weighted by atomic mass is 16.5. The van der Waals surface area contributed by atoms with Gasteiger partial charge in [0.1, 0.15) is 0 Å². The molecule has 1 rings (SSSR count). The molecule has 0 aliphatic heterocycles. The molecule has 80 valence electrons. The van der Waals surface area contributed by atoms with Crippen molar-refractivity contribution in [2.75, 3.05) is 13.7 Å². The summed E-state index contributed by atoms with van der Waals surface area (Å²) in [6.45, 7) is 6.91. The Morgan fingerprint density at radius 1 is 1.00 bits per heavy atom. The maximum Gasteiger partial charge on any atom is 0.0576 e. The second kappa shape index (κ2) is 8.52. The molecule has 0 spiro atoms. The molecule has 1 fully saturated rings. The van der Waals surface area contributed by atoms with Gasteiger partial charge in [0.25, 0.3) is 0 Å². The minimum atomic E-state index is 0.492. The molecule has 0 amide bonds. The van der Waals surface area contributed by atoms with E-state index in [9.17, 15) is 0 Å². The summed E-state index contributed by atoms with van der Waals surface area (Å²) in [5.74, 6) is 0. The topological polar surface area (TPSA) is 18.5 Å². The van der Waals surface area contributed by atoms with Crippen LogP contribution < -0.4 is 0 Å². The van der Waals surface area contributed by atoms with Crippen LogP contribution in [0.4, 0.5) is 0 Å². The van der Waals surface area contributed by atoms with Crippen LogP contribution in [0.5, 0.6) is 0 Å². The van der Waals surface area contributed by atoms with Crippen LogP contribution in [-0.2, 0) is 9.47 Å². The maximum atomic E-state index is 5.52. The zero-order valence-electron chi connectivity index (χ0n) is 9.51. The first-order chi connectivity index (χ1) is 6.36. The second-order valence-electron chi connectivity index (χ2n) is 3.09. The molecule has 0 heterocycles. The summed E-state index contributed by atoms with van der Waals surface area (Å²) in [6.07, 6.45) is 5.68. The first kappa shape index (κ1) is 12.9. The normalized spacial score (nSPS) is 27.7. The minimum absolute atomic E-state index is 0.492. The molecule has 0 aromatic heterocycles. The second-order valence-corrected chi connectivity index (χ2v) is 3.09. The fourth-order valence-electron chi connectivity index (χ4n) is 1.67. The smallest absolute Gasteiger partial charge is 0.0576 e. The Morgan fingerprint density at radius 3 is 1.85 bits per heavy atom. The Bertz CT molecular complexity index is 96.3. The minimum Gasteiger partial charge on any atom is -0.381 e. The van der Waals surface area contributed by atoms with Crippen molar-refractivity contribution in [1.29, 1.82) is 0 Å². The molecular weight excluding hydrogens is 164 g/mol. The van der Waals surface area contributed by atoms with E-state index in [2.05, 4.69) is 6.92 Å². The first-order valence-corrected chi connectivity index (χ1v) is 5.51. The van der Waals surface area contributed by atoms with Gasteiger partial charge in [-0.25, -0.2) is 0 Å². The van der Waals surface area contributed by atoms with E-state index in [1.807, 2.05) is 13.8 Å². The standard InChI is InChI=1S/C9H18O2.C2H6/c1-3-11-9-6-4-8(10-2)5-7-9;1-2/h8-9H,3-7H2,1-2H3;1-2H3. The fraction of sp³-hybridized carbons (Fsp3) is 1.00. The summed E-state index contributed by atoms with van der Waals surface area (Å²) in [6, 6.07) is 0. The lowest BCUT2D eigenvalue weighted by Gasteiger charge is -2.27. The summed E-state index contributed by atoms with van der Waals surface area (Å²) < 4.78 is 10.8. The van der Waals surface area contributed by atoms with Crippen LogP contribution in [0.25, 0.3) is 0 Å². The average Bonchev–Trinajstić information content (AvgIpc) is 2.23. The van der Waals surface area contributed by atoms with Crippen molar-refractivity contribution < 1.29 is 9.47 Å².